The highest BCUT2D eigenvalue weighted by atomic mass is 32.1. The summed E-state index contributed by atoms with van der Waals surface area (Å²) in [5.41, 5.74) is 1.83. The number of aryl methyl sites for hydroxylation is 1. The lowest BCUT2D eigenvalue weighted by Crippen LogP contribution is -2.41. The molecule has 1 fully saturated rings. The lowest BCUT2D eigenvalue weighted by molar-refractivity contribution is -0.121. The number of likely N-dealkylation sites (tertiary alicyclic amines) is 1. The highest BCUT2D eigenvalue weighted by molar-refractivity contribution is 7.10. The van der Waals surface area contributed by atoms with Gasteiger partial charge in [0.1, 0.15) is 5.75 Å². The molecule has 1 aromatic heterocycles. The molecule has 0 radical (unpaired) electrons. The Morgan fingerprint density at radius 2 is 2.25 bits per heavy atom. The summed E-state index contributed by atoms with van der Waals surface area (Å²) in [7, 11) is 1.62. The maximum Gasteiger partial charge on any atom is 0.241 e. The van der Waals surface area contributed by atoms with Crippen LogP contribution in [0.1, 0.15) is 36.2 Å². The molecular formula is C19H24N2O2S. The second kappa shape index (κ2) is 7.36. The molecular weight excluding hydrogens is 320 g/mol. The number of carbonyl (C=O) groups is 1. The minimum absolute atomic E-state index is 0.0161. The topological polar surface area (TPSA) is 41.6 Å². The highest BCUT2D eigenvalue weighted by Gasteiger charge is 2.33. The van der Waals surface area contributed by atoms with Crippen molar-refractivity contribution in [2.75, 3.05) is 19.0 Å². The number of carbonyl (C=O) groups excluding carboxylic acids is 1. The Kier molecular flexibility index (Phi) is 5.21. The molecule has 2 aromatic rings. The molecule has 1 aliphatic rings. The zero-order valence-electron chi connectivity index (χ0n) is 14.4. The van der Waals surface area contributed by atoms with E-state index in [2.05, 4.69) is 27.7 Å². The van der Waals surface area contributed by atoms with E-state index in [0.717, 1.165) is 30.6 Å². The molecule has 1 aliphatic heterocycles. The molecule has 0 aliphatic carbocycles. The van der Waals surface area contributed by atoms with E-state index >= 15 is 0 Å². The number of rotatable bonds is 5. The molecule has 0 spiro atoms. The number of anilines is 1. The van der Waals surface area contributed by atoms with Gasteiger partial charge in [0, 0.05) is 10.9 Å². The molecule has 128 valence electrons. The van der Waals surface area contributed by atoms with Gasteiger partial charge >= 0.3 is 0 Å². The van der Waals surface area contributed by atoms with E-state index in [-0.39, 0.29) is 11.9 Å². The molecule has 2 atom stereocenters. The van der Waals surface area contributed by atoms with Crippen molar-refractivity contribution in [3.05, 3.63) is 46.2 Å². The molecule has 1 N–H and O–H groups in total. The Morgan fingerprint density at radius 3 is 2.96 bits per heavy atom. The fourth-order valence-electron chi connectivity index (χ4n) is 3.35. The maximum atomic E-state index is 12.8. The number of hydrogen-bond acceptors (Lipinski definition) is 4. The second-order valence-electron chi connectivity index (χ2n) is 6.28. The van der Waals surface area contributed by atoms with E-state index in [1.165, 1.54) is 4.88 Å². The van der Waals surface area contributed by atoms with Crippen LogP contribution in [0.2, 0.25) is 0 Å². The van der Waals surface area contributed by atoms with Crippen LogP contribution in [0.4, 0.5) is 5.69 Å². The van der Waals surface area contributed by atoms with Gasteiger partial charge in [0.15, 0.2) is 0 Å². The van der Waals surface area contributed by atoms with Crippen molar-refractivity contribution >= 4 is 22.9 Å². The van der Waals surface area contributed by atoms with Gasteiger partial charge in [0.25, 0.3) is 0 Å². The normalized spacial score (nSPS) is 19.2. The van der Waals surface area contributed by atoms with Crippen molar-refractivity contribution in [1.29, 1.82) is 0 Å². The summed E-state index contributed by atoms with van der Waals surface area (Å²) in [6.45, 7) is 4.96. The molecule has 0 saturated carbocycles. The number of nitrogens with zero attached hydrogens (tertiary/aromatic N) is 1. The average molecular weight is 344 g/mol. The van der Waals surface area contributed by atoms with Gasteiger partial charge in [0.05, 0.1) is 18.8 Å². The van der Waals surface area contributed by atoms with Gasteiger partial charge in [-0.25, -0.2) is 0 Å². The molecule has 1 saturated heterocycles. The van der Waals surface area contributed by atoms with Crippen LogP contribution in [0, 0.1) is 6.92 Å². The van der Waals surface area contributed by atoms with Crippen LogP contribution in [0.3, 0.4) is 0 Å². The van der Waals surface area contributed by atoms with E-state index in [1.54, 1.807) is 18.4 Å². The number of thiophene rings is 1. The number of amides is 1. The lowest BCUT2D eigenvalue weighted by atomic mass is 10.1. The third-order valence-corrected chi connectivity index (χ3v) is 5.63. The zero-order chi connectivity index (χ0) is 17.1. The van der Waals surface area contributed by atoms with Crippen molar-refractivity contribution in [3.63, 3.8) is 0 Å². The summed E-state index contributed by atoms with van der Waals surface area (Å²) in [5, 5.41) is 5.15. The summed E-state index contributed by atoms with van der Waals surface area (Å²) in [6, 6.07) is 10.2. The minimum Gasteiger partial charge on any atom is -0.495 e. The smallest absolute Gasteiger partial charge is 0.241 e. The second-order valence-corrected chi connectivity index (χ2v) is 7.26. The van der Waals surface area contributed by atoms with E-state index in [9.17, 15) is 4.79 Å². The Bertz CT molecular complexity index is 699. The third-order valence-electron chi connectivity index (χ3n) is 4.66. The highest BCUT2D eigenvalue weighted by Crippen LogP contribution is 2.36. The summed E-state index contributed by atoms with van der Waals surface area (Å²) in [6.07, 6.45) is 2.25. The van der Waals surface area contributed by atoms with Crippen molar-refractivity contribution in [2.24, 2.45) is 0 Å². The van der Waals surface area contributed by atoms with Crippen LogP contribution in [0.5, 0.6) is 5.75 Å². The minimum atomic E-state index is -0.176. The number of methoxy groups -OCH3 is 1. The number of ether oxygens (including phenoxy) is 1. The third kappa shape index (κ3) is 3.47. The number of benzene rings is 1. The molecule has 1 aromatic carbocycles. The molecule has 4 nitrogen and oxygen atoms in total. The standard InChI is InChI=1S/C19H24N2O2S/c1-13-8-9-17(23-3)15(12-13)20-19(22)14(2)21-10-4-6-16(21)18-7-5-11-24-18/h5,7-9,11-12,14,16H,4,6,10H2,1-3H3,(H,20,22)/t14-,16-/m1/s1. The SMILES string of the molecule is COc1ccc(C)cc1NC(=O)[C@@H](C)N1CCC[C@@H]1c1cccs1. The molecule has 0 bridgehead atoms. The van der Waals surface area contributed by atoms with E-state index < -0.39 is 0 Å². The molecule has 5 heteroatoms. The van der Waals surface area contributed by atoms with Crippen LogP contribution in [-0.2, 0) is 4.79 Å². The Morgan fingerprint density at radius 1 is 1.42 bits per heavy atom. The fraction of sp³-hybridized carbons (Fsp3) is 0.421. The Hall–Kier alpha value is -1.85. The summed E-state index contributed by atoms with van der Waals surface area (Å²) in [5.74, 6) is 0.708. The number of hydrogen-bond donors (Lipinski definition) is 1. The van der Waals surface area contributed by atoms with E-state index in [0.29, 0.717) is 11.8 Å². The summed E-state index contributed by atoms with van der Waals surface area (Å²) in [4.78, 5) is 16.4. The first-order chi connectivity index (χ1) is 11.6. The van der Waals surface area contributed by atoms with Gasteiger partial charge in [-0.15, -0.1) is 11.3 Å². The zero-order valence-corrected chi connectivity index (χ0v) is 15.2. The van der Waals surface area contributed by atoms with Gasteiger partial charge < -0.3 is 10.1 Å². The van der Waals surface area contributed by atoms with Crippen molar-refractivity contribution in [3.8, 4) is 5.75 Å². The Balaban J connectivity index is 1.74. The van der Waals surface area contributed by atoms with Crippen molar-refractivity contribution in [1.82, 2.24) is 4.90 Å². The van der Waals surface area contributed by atoms with Crippen LogP contribution in [0.15, 0.2) is 35.7 Å². The van der Waals surface area contributed by atoms with Gasteiger partial charge in [-0.05, 0) is 62.4 Å². The molecule has 3 rings (SSSR count). The predicted octanol–water partition coefficient (Wildman–Crippen LogP) is 4.23. The van der Waals surface area contributed by atoms with Crippen LogP contribution >= 0.6 is 11.3 Å². The molecule has 2 heterocycles. The quantitative estimate of drug-likeness (QED) is 0.882. The van der Waals surface area contributed by atoms with Crippen molar-refractivity contribution in [2.45, 2.75) is 38.8 Å². The first-order valence-electron chi connectivity index (χ1n) is 8.35. The first-order valence-corrected chi connectivity index (χ1v) is 9.22. The monoisotopic (exact) mass is 344 g/mol. The average Bonchev–Trinajstić information content (AvgIpc) is 3.25. The predicted molar refractivity (Wildman–Crippen MR) is 98.8 cm³/mol. The van der Waals surface area contributed by atoms with E-state index in [4.69, 9.17) is 4.74 Å². The van der Waals surface area contributed by atoms with Crippen LogP contribution in [0.25, 0.3) is 0 Å². The molecule has 0 unspecified atom stereocenters. The van der Waals surface area contributed by atoms with E-state index in [1.807, 2.05) is 32.0 Å². The van der Waals surface area contributed by atoms with Gasteiger partial charge in [-0.1, -0.05) is 12.1 Å². The maximum absolute atomic E-state index is 12.8. The van der Waals surface area contributed by atoms with Gasteiger partial charge in [-0.3, -0.25) is 9.69 Å². The first kappa shape index (κ1) is 17.0. The van der Waals surface area contributed by atoms with Crippen LogP contribution < -0.4 is 10.1 Å². The summed E-state index contributed by atoms with van der Waals surface area (Å²) >= 11 is 1.77. The molecule has 1 amide bonds. The molecule has 24 heavy (non-hydrogen) atoms. The fourth-order valence-corrected chi connectivity index (χ4v) is 4.23. The van der Waals surface area contributed by atoms with Crippen molar-refractivity contribution < 1.29 is 9.53 Å². The van der Waals surface area contributed by atoms with Crippen LogP contribution in [-0.4, -0.2) is 30.5 Å². The Labute approximate surface area is 147 Å². The summed E-state index contributed by atoms with van der Waals surface area (Å²) < 4.78 is 5.36. The largest absolute Gasteiger partial charge is 0.495 e. The van der Waals surface area contributed by atoms with Gasteiger partial charge in [0.2, 0.25) is 5.91 Å². The number of nitrogens with one attached hydrogen (secondary N) is 1. The van der Waals surface area contributed by atoms with Gasteiger partial charge in [-0.2, -0.15) is 0 Å². The lowest BCUT2D eigenvalue weighted by Gasteiger charge is -2.29.